The van der Waals surface area contributed by atoms with E-state index < -0.39 is 11.0 Å². The molecule has 1 aromatic carbocycles. The standard InChI is InChI=1S/C20H25N3O3S2/c1-4-12-28-20(26-3)11-10-16(21)17(22-18(27)23-19(24)25-2)15(20)13-14-8-6-5-7-9-14/h5-11,21H,4,12-13H2,1-3H3,(H2,22,23,24,27). The van der Waals surface area contributed by atoms with Crippen molar-refractivity contribution in [2.24, 2.45) is 0 Å². The van der Waals surface area contributed by atoms with Gasteiger partial charge in [0.1, 0.15) is 0 Å². The van der Waals surface area contributed by atoms with Crippen molar-refractivity contribution >= 4 is 40.9 Å². The number of thiocarbonyl (C=S) groups is 1. The minimum Gasteiger partial charge on any atom is -0.453 e. The molecule has 0 fully saturated rings. The molecule has 2 rings (SSSR count). The Morgan fingerprint density at radius 2 is 2.00 bits per heavy atom. The van der Waals surface area contributed by atoms with Gasteiger partial charge in [-0.2, -0.15) is 0 Å². The zero-order valence-corrected chi connectivity index (χ0v) is 17.8. The maximum Gasteiger partial charge on any atom is 0.413 e. The average Bonchev–Trinajstić information content (AvgIpc) is 2.71. The molecule has 0 saturated heterocycles. The topological polar surface area (TPSA) is 83.4 Å². The number of hydrogen-bond donors (Lipinski definition) is 3. The number of carbonyl (C=O) groups excluding carboxylic acids is 1. The van der Waals surface area contributed by atoms with Crippen molar-refractivity contribution in [3.63, 3.8) is 0 Å². The lowest BCUT2D eigenvalue weighted by molar-refractivity contribution is 0.137. The molecule has 0 radical (unpaired) electrons. The predicted octanol–water partition coefficient (Wildman–Crippen LogP) is 3.79. The van der Waals surface area contributed by atoms with Gasteiger partial charge in [-0.05, 0) is 48.5 Å². The maximum absolute atomic E-state index is 11.5. The molecule has 0 aromatic heterocycles. The van der Waals surface area contributed by atoms with Crippen LogP contribution in [0.2, 0.25) is 0 Å². The van der Waals surface area contributed by atoms with Crippen LogP contribution >= 0.6 is 24.0 Å². The highest BCUT2D eigenvalue weighted by Crippen LogP contribution is 2.41. The van der Waals surface area contributed by atoms with Crippen molar-refractivity contribution in [3.8, 4) is 0 Å². The Labute approximate surface area is 175 Å². The van der Waals surface area contributed by atoms with E-state index in [1.807, 2.05) is 36.4 Å². The number of ether oxygens (including phenoxy) is 2. The molecule has 6 nitrogen and oxygen atoms in total. The van der Waals surface area contributed by atoms with Gasteiger partial charge in [0.15, 0.2) is 10.0 Å². The van der Waals surface area contributed by atoms with Crippen LogP contribution in [-0.4, -0.2) is 41.8 Å². The molecular weight excluding hydrogens is 394 g/mol. The zero-order chi connectivity index (χ0) is 20.6. The van der Waals surface area contributed by atoms with Crippen LogP contribution in [0, 0.1) is 5.41 Å². The van der Waals surface area contributed by atoms with E-state index in [4.69, 9.17) is 22.4 Å². The van der Waals surface area contributed by atoms with Crippen LogP contribution < -0.4 is 10.6 Å². The van der Waals surface area contributed by atoms with E-state index in [-0.39, 0.29) is 10.8 Å². The molecule has 0 aliphatic heterocycles. The van der Waals surface area contributed by atoms with Crippen LogP contribution in [0.3, 0.4) is 0 Å². The quantitative estimate of drug-likeness (QED) is 0.461. The Kier molecular flexibility index (Phi) is 8.22. The lowest BCUT2D eigenvalue weighted by atomic mass is 9.91. The van der Waals surface area contributed by atoms with Crippen LogP contribution in [0.15, 0.2) is 53.8 Å². The first-order valence-corrected chi connectivity index (χ1v) is 10.3. The number of alkyl carbamates (subject to hydrolysis) is 1. The number of thioether (sulfide) groups is 1. The average molecular weight is 420 g/mol. The van der Waals surface area contributed by atoms with E-state index in [9.17, 15) is 4.79 Å². The first-order valence-electron chi connectivity index (χ1n) is 8.86. The molecule has 1 aliphatic rings. The summed E-state index contributed by atoms with van der Waals surface area (Å²) >= 11 is 6.89. The summed E-state index contributed by atoms with van der Waals surface area (Å²) in [6.07, 6.45) is 4.50. The summed E-state index contributed by atoms with van der Waals surface area (Å²) in [5.41, 5.74) is 2.76. The van der Waals surface area contributed by atoms with Gasteiger partial charge in [-0.3, -0.25) is 10.7 Å². The van der Waals surface area contributed by atoms with E-state index in [0.717, 1.165) is 23.3 Å². The van der Waals surface area contributed by atoms with Gasteiger partial charge in [-0.25, -0.2) is 4.79 Å². The molecule has 1 aromatic rings. The summed E-state index contributed by atoms with van der Waals surface area (Å²) < 4.78 is 10.5. The van der Waals surface area contributed by atoms with Gasteiger partial charge in [0.2, 0.25) is 0 Å². The van der Waals surface area contributed by atoms with Gasteiger partial charge < -0.3 is 14.8 Å². The number of carbonyl (C=O) groups is 1. The Bertz CT molecular complexity index is 793. The molecule has 1 unspecified atom stereocenters. The van der Waals surface area contributed by atoms with Gasteiger partial charge in [0.05, 0.1) is 18.5 Å². The highest BCUT2D eigenvalue weighted by Gasteiger charge is 2.38. The number of benzene rings is 1. The third-order valence-corrected chi connectivity index (χ3v) is 5.94. The third kappa shape index (κ3) is 5.43. The summed E-state index contributed by atoms with van der Waals surface area (Å²) in [5.74, 6) is 0.891. The normalized spacial score (nSPS) is 18.8. The van der Waals surface area contributed by atoms with Gasteiger partial charge >= 0.3 is 6.09 Å². The second kappa shape index (κ2) is 10.4. The van der Waals surface area contributed by atoms with Crippen LogP contribution in [-0.2, 0) is 15.9 Å². The van der Waals surface area contributed by atoms with Crippen LogP contribution in [0.25, 0.3) is 0 Å². The number of methoxy groups -OCH3 is 2. The van der Waals surface area contributed by atoms with E-state index in [2.05, 4.69) is 22.3 Å². The molecular formula is C20H25N3O3S2. The van der Waals surface area contributed by atoms with E-state index in [0.29, 0.717) is 12.1 Å². The minimum atomic E-state index is -0.723. The molecule has 0 spiro atoms. The predicted molar refractivity (Wildman–Crippen MR) is 118 cm³/mol. The lowest BCUT2D eigenvalue weighted by Crippen LogP contribution is -2.44. The lowest BCUT2D eigenvalue weighted by Gasteiger charge is -2.36. The molecule has 150 valence electrons. The monoisotopic (exact) mass is 419 g/mol. The van der Waals surface area contributed by atoms with Crippen LogP contribution in [0.4, 0.5) is 4.79 Å². The second-order valence-corrected chi connectivity index (χ2v) is 7.77. The molecule has 0 bridgehead atoms. The first-order chi connectivity index (χ1) is 13.5. The number of nitrogens with one attached hydrogen (secondary N) is 3. The third-order valence-electron chi connectivity index (χ3n) is 4.15. The summed E-state index contributed by atoms with van der Waals surface area (Å²) in [6.45, 7) is 2.11. The summed E-state index contributed by atoms with van der Waals surface area (Å²) in [7, 11) is 2.93. The molecule has 3 N–H and O–H groups in total. The molecule has 0 saturated carbocycles. The number of amides is 1. The van der Waals surface area contributed by atoms with Crippen molar-refractivity contribution in [1.82, 2.24) is 10.6 Å². The van der Waals surface area contributed by atoms with Crippen LogP contribution in [0.5, 0.6) is 0 Å². The van der Waals surface area contributed by atoms with E-state index in [1.54, 1.807) is 24.9 Å². The smallest absolute Gasteiger partial charge is 0.413 e. The van der Waals surface area contributed by atoms with Crippen molar-refractivity contribution in [2.45, 2.75) is 24.7 Å². The molecule has 1 aliphatic carbocycles. The summed E-state index contributed by atoms with van der Waals surface area (Å²) in [4.78, 5) is 10.7. The van der Waals surface area contributed by atoms with Gasteiger partial charge in [-0.1, -0.05) is 37.3 Å². The highest BCUT2D eigenvalue weighted by atomic mass is 32.2. The fourth-order valence-corrected chi connectivity index (χ4v) is 4.12. The molecule has 1 amide bonds. The fraction of sp³-hybridized carbons (Fsp3) is 0.350. The summed E-state index contributed by atoms with van der Waals surface area (Å²) in [5, 5.41) is 13.9. The van der Waals surface area contributed by atoms with Gasteiger partial charge in [0.25, 0.3) is 0 Å². The van der Waals surface area contributed by atoms with Gasteiger partial charge in [-0.15, -0.1) is 11.8 Å². The van der Waals surface area contributed by atoms with E-state index >= 15 is 0 Å². The fourth-order valence-electron chi connectivity index (χ4n) is 2.80. The van der Waals surface area contributed by atoms with E-state index in [1.165, 1.54) is 7.11 Å². The molecule has 8 heteroatoms. The zero-order valence-electron chi connectivity index (χ0n) is 16.2. The van der Waals surface area contributed by atoms with Crippen molar-refractivity contribution < 1.29 is 14.3 Å². The van der Waals surface area contributed by atoms with Crippen molar-refractivity contribution in [1.29, 1.82) is 5.41 Å². The number of hydrogen-bond acceptors (Lipinski definition) is 6. The first kappa shape index (κ1) is 22.1. The molecule has 0 heterocycles. The van der Waals surface area contributed by atoms with Crippen molar-refractivity contribution in [2.75, 3.05) is 20.0 Å². The largest absolute Gasteiger partial charge is 0.453 e. The maximum atomic E-state index is 11.5. The minimum absolute atomic E-state index is 0.0676. The highest BCUT2D eigenvalue weighted by molar-refractivity contribution is 8.00. The molecule has 1 atom stereocenters. The molecule has 28 heavy (non-hydrogen) atoms. The number of allylic oxidation sites excluding steroid dienone is 1. The van der Waals surface area contributed by atoms with Crippen molar-refractivity contribution in [3.05, 3.63) is 59.3 Å². The Hall–Kier alpha value is -2.16. The van der Waals surface area contributed by atoms with Gasteiger partial charge in [0, 0.05) is 12.7 Å². The Balaban J connectivity index is 2.46. The SMILES string of the molecule is CCCSC1(OC)C=CC(=N)C(NC(=S)NC(=O)OC)=C1Cc1ccccc1. The van der Waals surface area contributed by atoms with Crippen LogP contribution in [0.1, 0.15) is 18.9 Å². The number of rotatable bonds is 7. The Morgan fingerprint density at radius 3 is 2.61 bits per heavy atom. The summed E-state index contributed by atoms with van der Waals surface area (Å²) in [6, 6.07) is 9.98. The second-order valence-electron chi connectivity index (χ2n) is 6.05. The Morgan fingerprint density at radius 1 is 1.29 bits per heavy atom.